The normalized spacial score (nSPS) is 11.1. The Morgan fingerprint density at radius 3 is 2.94 bits per heavy atom. The number of hydrogen-bond acceptors (Lipinski definition) is 5. The summed E-state index contributed by atoms with van der Waals surface area (Å²) in [7, 11) is 0. The van der Waals surface area contributed by atoms with Gasteiger partial charge < -0.3 is 5.73 Å². The van der Waals surface area contributed by atoms with E-state index < -0.39 is 0 Å². The van der Waals surface area contributed by atoms with Gasteiger partial charge in [0.05, 0.1) is 27.5 Å². The van der Waals surface area contributed by atoms with E-state index in [0.717, 1.165) is 21.0 Å². The van der Waals surface area contributed by atoms with Crippen LogP contribution in [0.4, 0.5) is 5.69 Å². The molecule has 0 aliphatic heterocycles. The van der Waals surface area contributed by atoms with Crippen molar-refractivity contribution in [2.24, 2.45) is 0 Å². The third kappa shape index (κ3) is 1.35. The smallest absolute Gasteiger partial charge is 0.181 e. The molecule has 3 aromatic heterocycles. The second kappa shape index (κ2) is 3.28. The Kier molecular flexibility index (Phi) is 1.90. The number of anilines is 1. The van der Waals surface area contributed by atoms with Crippen LogP contribution >= 0.6 is 11.3 Å². The fraction of sp³-hybridized carbons (Fsp3) is 0.100. The highest BCUT2D eigenvalue weighted by molar-refractivity contribution is 7.15. The summed E-state index contributed by atoms with van der Waals surface area (Å²) in [5.74, 6) is 0. The highest BCUT2D eigenvalue weighted by Gasteiger charge is 2.10. The number of pyridine rings is 1. The zero-order chi connectivity index (χ0) is 11.1. The third-order valence-electron chi connectivity index (χ3n) is 2.30. The lowest BCUT2D eigenvalue weighted by Gasteiger charge is -1.94. The minimum atomic E-state index is 0.636. The van der Waals surface area contributed by atoms with Crippen molar-refractivity contribution in [2.45, 2.75) is 6.92 Å². The van der Waals surface area contributed by atoms with Crippen LogP contribution in [0.1, 0.15) is 5.01 Å². The molecule has 3 aromatic rings. The largest absolute Gasteiger partial charge is 0.397 e. The van der Waals surface area contributed by atoms with E-state index in [0.29, 0.717) is 11.3 Å². The first-order valence-electron chi connectivity index (χ1n) is 4.76. The Hall–Kier alpha value is -1.95. The van der Waals surface area contributed by atoms with Crippen LogP contribution in [0, 0.1) is 6.92 Å². The lowest BCUT2D eigenvalue weighted by Crippen LogP contribution is -1.85. The summed E-state index contributed by atoms with van der Waals surface area (Å²) in [6.07, 6.45) is 3.43. The first-order chi connectivity index (χ1) is 7.74. The molecule has 0 bridgehead atoms. The van der Waals surface area contributed by atoms with Crippen LogP contribution in [0.15, 0.2) is 18.5 Å². The van der Waals surface area contributed by atoms with E-state index in [-0.39, 0.29) is 0 Å². The van der Waals surface area contributed by atoms with Crippen molar-refractivity contribution in [3.8, 4) is 10.6 Å². The zero-order valence-electron chi connectivity index (χ0n) is 8.56. The number of H-pyrrole nitrogens is 1. The molecule has 3 rings (SSSR count). The number of aromatic amines is 1. The molecule has 0 spiro atoms. The van der Waals surface area contributed by atoms with Gasteiger partial charge in [-0.15, -0.1) is 11.3 Å². The summed E-state index contributed by atoms with van der Waals surface area (Å²) in [4.78, 5) is 9.42. The Morgan fingerprint density at radius 2 is 2.19 bits per heavy atom. The predicted octanol–water partition coefficient (Wildman–Crippen LogP) is 1.97. The molecule has 0 saturated heterocycles. The van der Waals surface area contributed by atoms with Gasteiger partial charge in [-0.25, -0.2) is 9.97 Å². The van der Waals surface area contributed by atoms with Crippen molar-refractivity contribution in [2.75, 3.05) is 5.73 Å². The van der Waals surface area contributed by atoms with Crippen molar-refractivity contribution in [1.82, 2.24) is 20.2 Å². The molecule has 0 aromatic carbocycles. The zero-order valence-corrected chi connectivity index (χ0v) is 9.38. The second-order valence-corrected chi connectivity index (χ2v) is 4.72. The van der Waals surface area contributed by atoms with Crippen LogP contribution in [0.3, 0.4) is 0 Å². The summed E-state index contributed by atoms with van der Waals surface area (Å²) in [6, 6.07) is 1.87. The molecule has 0 atom stereocenters. The topological polar surface area (TPSA) is 80.5 Å². The van der Waals surface area contributed by atoms with Gasteiger partial charge in [0.1, 0.15) is 0 Å². The van der Waals surface area contributed by atoms with Gasteiger partial charge in [-0.1, -0.05) is 0 Å². The molecule has 6 heteroatoms. The quantitative estimate of drug-likeness (QED) is 0.671. The number of hydrogen-bond donors (Lipinski definition) is 2. The minimum absolute atomic E-state index is 0.636. The average molecular weight is 231 g/mol. The van der Waals surface area contributed by atoms with Crippen molar-refractivity contribution >= 4 is 28.1 Å². The number of nitrogens with one attached hydrogen (secondary N) is 1. The van der Waals surface area contributed by atoms with Crippen molar-refractivity contribution in [3.05, 3.63) is 23.5 Å². The Bertz CT molecular complexity index is 654. The van der Waals surface area contributed by atoms with Gasteiger partial charge in [-0.05, 0) is 13.0 Å². The molecular formula is C10H9N5S. The number of nitrogens with two attached hydrogens (primary N) is 1. The van der Waals surface area contributed by atoms with Gasteiger partial charge in [0.2, 0.25) is 0 Å². The number of aryl methyl sites for hydroxylation is 1. The predicted molar refractivity (Wildman–Crippen MR) is 64.1 cm³/mol. The van der Waals surface area contributed by atoms with E-state index in [9.17, 15) is 0 Å². The SMILES string of the molecule is Cc1ncc(-c2[nH]nc3ncc(N)cc23)s1. The molecule has 0 radical (unpaired) electrons. The molecule has 3 N–H and O–H groups in total. The summed E-state index contributed by atoms with van der Waals surface area (Å²) < 4.78 is 0. The third-order valence-corrected chi connectivity index (χ3v) is 3.23. The lowest BCUT2D eigenvalue weighted by atomic mass is 10.2. The van der Waals surface area contributed by atoms with E-state index in [2.05, 4.69) is 20.2 Å². The Labute approximate surface area is 95.4 Å². The fourth-order valence-corrected chi connectivity index (χ4v) is 2.37. The number of thiazole rings is 1. The van der Waals surface area contributed by atoms with Crippen molar-refractivity contribution in [3.63, 3.8) is 0 Å². The number of aromatic nitrogens is 4. The molecule has 0 amide bonds. The van der Waals surface area contributed by atoms with E-state index in [1.165, 1.54) is 0 Å². The maximum Gasteiger partial charge on any atom is 0.181 e. The van der Waals surface area contributed by atoms with E-state index in [4.69, 9.17) is 5.73 Å². The second-order valence-electron chi connectivity index (χ2n) is 3.48. The summed E-state index contributed by atoms with van der Waals surface area (Å²) in [5, 5.41) is 9.06. The number of nitrogen functional groups attached to an aromatic ring is 1. The summed E-state index contributed by atoms with van der Waals surface area (Å²) in [6.45, 7) is 1.97. The number of nitrogens with zero attached hydrogens (tertiary/aromatic N) is 3. The van der Waals surface area contributed by atoms with Gasteiger partial charge in [0, 0.05) is 11.6 Å². The highest BCUT2D eigenvalue weighted by Crippen LogP contribution is 2.30. The van der Waals surface area contributed by atoms with Crippen LogP contribution in [0.5, 0.6) is 0 Å². The number of rotatable bonds is 1. The summed E-state index contributed by atoms with van der Waals surface area (Å²) in [5.41, 5.74) is 7.96. The van der Waals surface area contributed by atoms with Crippen molar-refractivity contribution < 1.29 is 0 Å². The van der Waals surface area contributed by atoms with Gasteiger partial charge in [-0.2, -0.15) is 5.10 Å². The van der Waals surface area contributed by atoms with E-state index in [1.807, 2.05) is 19.2 Å². The fourth-order valence-electron chi connectivity index (χ4n) is 1.58. The molecule has 5 nitrogen and oxygen atoms in total. The van der Waals surface area contributed by atoms with Crippen LogP contribution in [0.25, 0.3) is 21.6 Å². The average Bonchev–Trinajstić information content (AvgIpc) is 2.83. The molecule has 3 heterocycles. The highest BCUT2D eigenvalue weighted by atomic mass is 32.1. The Balaban J connectivity index is 2.27. The molecule has 0 unspecified atom stereocenters. The minimum Gasteiger partial charge on any atom is -0.397 e. The van der Waals surface area contributed by atoms with Crippen molar-refractivity contribution in [1.29, 1.82) is 0 Å². The first-order valence-corrected chi connectivity index (χ1v) is 5.58. The van der Waals surface area contributed by atoms with Crippen LogP contribution in [-0.4, -0.2) is 20.2 Å². The molecular weight excluding hydrogens is 222 g/mol. The number of fused-ring (bicyclic) bond motifs is 1. The molecule has 80 valence electrons. The molecule has 0 saturated carbocycles. The van der Waals surface area contributed by atoms with Crippen LogP contribution < -0.4 is 5.73 Å². The van der Waals surface area contributed by atoms with Crippen LogP contribution in [0.2, 0.25) is 0 Å². The molecule has 0 aliphatic carbocycles. The van der Waals surface area contributed by atoms with Crippen LogP contribution in [-0.2, 0) is 0 Å². The molecule has 0 fully saturated rings. The maximum absolute atomic E-state index is 5.72. The lowest BCUT2D eigenvalue weighted by molar-refractivity contribution is 1.10. The van der Waals surface area contributed by atoms with Gasteiger partial charge in [0.25, 0.3) is 0 Å². The summed E-state index contributed by atoms with van der Waals surface area (Å²) >= 11 is 1.62. The van der Waals surface area contributed by atoms with E-state index >= 15 is 0 Å². The maximum atomic E-state index is 5.72. The first kappa shape index (κ1) is 9.29. The van der Waals surface area contributed by atoms with Gasteiger partial charge >= 0.3 is 0 Å². The molecule has 16 heavy (non-hydrogen) atoms. The van der Waals surface area contributed by atoms with Gasteiger partial charge in [0.15, 0.2) is 5.65 Å². The monoisotopic (exact) mass is 231 g/mol. The van der Waals surface area contributed by atoms with Gasteiger partial charge in [-0.3, -0.25) is 5.10 Å². The molecule has 0 aliphatic rings. The van der Waals surface area contributed by atoms with E-state index in [1.54, 1.807) is 17.5 Å². The Morgan fingerprint density at radius 1 is 1.31 bits per heavy atom. The standard InChI is InChI=1S/C10H9N5S/c1-5-12-4-8(16-5)9-7-2-6(11)3-13-10(7)15-14-9/h2-4H,11H2,1H3,(H,13,14,15).